The summed E-state index contributed by atoms with van der Waals surface area (Å²) in [6.45, 7) is 0. The molecule has 250 valence electrons. The van der Waals surface area contributed by atoms with Crippen LogP contribution in [0.2, 0.25) is 0 Å². The third kappa shape index (κ3) is 3.18. The number of benzene rings is 6. The molecule has 7 aromatic heterocycles. The molecule has 0 N–H and O–H groups in total. The molecule has 13 aromatic rings. The van der Waals surface area contributed by atoms with Crippen LogP contribution in [-0.2, 0) is 0 Å². The molecule has 0 spiro atoms. The van der Waals surface area contributed by atoms with Crippen LogP contribution in [0.5, 0.6) is 0 Å². The van der Waals surface area contributed by atoms with Crippen molar-refractivity contribution in [2.45, 2.75) is 0 Å². The Balaban J connectivity index is 1.43. The molecule has 10 nitrogen and oxygen atoms in total. The molecule has 0 bridgehead atoms. The Bertz CT molecular complexity index is 3950. The van der Waals surface area contributed by atoms with E-state index in [1.807, 2.05) is 85.2 Å². The van der Waals surface area contributed by atoms with E-state index >= 15 is 0 Å². The number of hydrogen-bond acceptors (Lipinski definition) is 8. The van der Waals surface area contributed by atoms with Crippen LogP contribution >= 0.6 is 0 Å². The maximum Gasteiger partial charge on any atom is 0.100 e. The topological polar surface area (TPSA) is 156 Å². The van der Waals surface area contributed by atoms with Crippen molar-refractivity contribution >= 4 is 120 Å². The van der Waals surface area contributed by atoms with E-state index in [9.17, 15) is 21.0 Å². The molecule has 0 radical (unpaired) electrons. The summed E-state index contributed by atoms with van der Waals surface area (Å²) in [5.74, 6) is 0. The Morgan fingerprint density at radius 2 is 0.786 bits per heavy atom. The molecule has 0 amide bonds. The van der Waals surface area contributed by atoms with Gasteiger partial charge in [-0.1, -0.05) is 0 Å². The first-order valence-corrected chi connectivity index (χ1v) is 17.8. The van der Waals surface area contributed by atoms with Crippen LogP contribution in [0.25, 0.3) is 120 Å². The lowest BCUT2D eigenvalue weighted by Crippen LogP contribution is -1.95. The highest BCUT2D eigenvalue weighted by molar-refractivity contribution is 6.40. The van der Waals surface area contributed by atoms with Crippen molar-refractivity contribution in [2.24, 2.45) is 0 Å². The third-order valence-electron chi connectivity index (χ3n) is 11.7. The van der Waals surface area contributed by atoms with E-state index in [0.29, 0.717) is 44.3 Å². The van der Waals surface area contributed by atoms with Gasteiger partial charge in [0, 0.05) is 78.6 Å². The van der Waals surface area contributed by atoms with E-state index in [0.717, 1.165) is 97.7 Å². The predicted octanol–water partition coefficient (Wildman–Crippen LogP) is 9.67. The highest BCUT2D eigenvalue weighted by atomic mass is 15.0. The molecular formula is C46H16N10. The van der Waals surface area contributed by atoms with Gasteiger partial charge in [0.25, 0.3) is 0 Å². The molecule has 13 rings (SSSR count). The number of hydrogen-bond donors (Lipinski definition) is 0. The van der Waals surface area contributed by atoms with E-state index < -0.39 is 0 Å². The van der Waals surface area contributed by atoms with Gasteiger partial charge in [-0.15, -0.1) is 0 Å². The van der Waals surface area contributed by atoms with E-state index in [-0.39, 0.29) is 0 Å². The van der Waals surface area contributed by atoms with E-state index in [1.165, 1.54) is 0 Å². The normalized spacial score (nSPS) is 12.2. The number of nitrogens with zero attached hydrogens (tertiary/aromatic N) is 10. The second-order valence-electron chi connectivity index (χ2n) is 14.3. The van der Waals surface area contributed by atoms with Crippen molar-refractivity contribution in [3.8, 4) is 24.3 Å². The highest BCUT2D eigenvalue weighted by Gasteiger charge is 2.30. The molecule has 6 aromatic carbocycles. The molecule has 0 aliphatic carbocycles. The molecule has 0 aliphatic rings. The van der Waals surface area contributed by atoms with Gasteiger partial charge in [0.05, 0.1) is 90.7 Å². The largest absolute Gasteiger partial charge is 0.306 e. The zero-order valence-electron chi connectivity index (χ0n) is 28.7. The molecule has 0 fully saturated rings. The number of fused-ring (bicyclic) bond motifs is 22. The van der Waals surface area contributed by atoms with Crippen molar-refractivity contribution in [1.29, 1.82) is 21.0 Å². The minimum Gasteiger partial charge on any atom is -0.306 e. The lowest BCUT2D eigenvalue weighted by molar-refractivity contribution is 1.33. The highest BCUT2D eigenvalue weighted by Crippen LogP contribution is 2.50. The van der Waals surface area contributed by atoms with E-state index in [1.54, 1.807) is 12.4 Å². The van der Waals surface area contributed by atoms with Crippen molar-refractivity contribution in [3.05, 3.63) is 120 Å². The van der Waals surface area contributed by atoms with Gasteiger partial charge in [0.15, 0.2) is 0 Å². The Kier molecular flexibility index (Phi) is 4.96. The van der Waals surface area contributed by atoms with Crippen LogP contribution in [0.3, 0.4) is 0 Å². The monoisotopic (exact) mass is 708 g/mol. The smallest absolute Gasteiger partial charge is 0.100 e. The Labute approximate surface area is 312 Å². The average Bonchev–Trinajstić information content (AvgIpc) is 3.98. The molecule has 10 heteroatoms. The standard InChI is InChI=1S/C46H16N10/c47-15-21-1-3-35-27(9-21)29-11-23(17-49)13-31-37-41-42(54-40-34-20-52-8-6-26(34)25-5-7-51-19-33(25)39(40)53-41)38-32-14-24(18-50)12-30-28-10-22(16-48)2-4-36(28)56(44(30)32)46(38)45(37)55(35)43(29)31/h1-14,19-20H. The minimum atomic E-state index is 0.482. The van der Waals surface area contributed by atoms with Crippen LogP contribution in [0.1, 0.15) is 22.3 Å². The summed E-state index contributed by atoms with van der Waals surface area (Å²) in [6, 6.07) is 32.3. The fourth-order valence-electron chi connectivity index (χ4n) is 9.61. The molecule has 0 saturated carbocycles. The summed E-state index contributed by atoms with van der Waals surface area (Å²) in [6.07, 6.45) is 7.21. The first kappa shape index (κ1) is 28.8. The second-order valence-corrected chi connectivity index (χ2v) is 14.3. The van der Waals surface area contributed by atoms with Gasteiger partial charge in [-0.2, -0.15) is 21.0 Å². The summed E-state index contributed by atoms with van der Waals surface area (Å²) in [7, 11) is 0. The average molecular weight is 709 g/mol. The maximum absolute atomic E-state index is 10.4. The summed E-state index contributed by atoms with van der Waals surface area (Å²) in [5.41, 5.74) is 9.96. The van der Waals surface area contributed by atoms with Gasteiger partial charge in [-0.05, 0) is 83.6 Å². The lowest BCUT2D eigenvalue weighted by Gasteiger charge is -2.12. The van der Waals surface area contributed by atoms with Gasteiger partial charge >= 0.3 is 0 Å². The zero-order chi connectivity index (χ0) is 37.1. The van der Waals surface area contributed by atoms with Gasteiger partial charge in [-0.25, -0.2) is 9.97 Å². The first-order valence-electron chi connectivity index (χ1n) is 17.8. The Morgan fingerprint density at radius 1 is 0.375 bits per heavy atom. The van der Waals surface area contributed by atoms with Crippen LogP contribution in [0.15, 0.2) is 97.6 Å². The summed E-state index contributed by atoms with van der Waals surface area (Å²) >= 11 is 0. The third-order valence-corrected chi connectivity index (χ3v) is 11.7. The van der Waals surface area contributed by atoms with Gasteiger partial charge < -0.3 is 8.80 Å². The fraction of sp³-hybridized carbons (Fsp3) is 0. The Hall–Kier alpha value is -8.70. The summed E-state index contributed by atoms with van der Waals surface area (Å²) < 4.78 is 4.48. The van der Waals surface area contributed by atoms with Gasteiger partial charge in [0.2, 0.25) is 0 Å². The Morgan fingerprint density at radius 3 is 1.21 bits per heavy atom. The number of aromatic nitrogens is 6. The molecular weight excluding hydrogens is 693 g/mol. The van der Waals surface area contributed by atoms with Crippen LogP contribution in [0, 0.1) is 45.3 Å². The van der Waals surface area contributed by atoms with Crippen LogP contribution < -0.4 is 0 Å². The lowest BCUT2D eigenvalue weighted by atomic mass is 9.98. The number of nitriles is 4. The quantitative estimate of drug-likeness (QED) is 0.111. The number of rotatable bonds is 0. The first-order chi connectivity index (χ1) is 27.6. The maximum atomic E-state index is 10.4. The summed E-state index contributed by atoms with van der Waals surface area (Å²) in [5, 5.41) is 51.2. The van der Waals surface area contributed by atoms with Crippen molar-refractivity contribution in [2.75, 3.05) is 0 Å². The van der Waals surface area contributed by atoms with Gasteiger partial charge in [0.1, 0.15) is 11.0 Å². The van der Waals surface area contributed by atoms with Crippen molar-refractivity contribution in [1.82, 2.24) is 28.7 Å². The minimum absolute atomic E-state index is 0.482. The van der Waals surface area contributed by atoms with Crippen LogP contribution in [-0.4, -0.2) is 28.7 Å². The SMILES string of the molecule is N#Cc1ccc2c(c1)c1cc(C#N)cc3c4c5nc6c7cnccc7c7ccncc7c6nc5c5c6cc(C#N)cc7c8cc(C#N)ccc8n(c76)c5c4n2c13. The number of pyridine rings is 2. The zero-order valence-corrected chi connectivity index (χ0v) is 28.7. The van der Waals surface area contributed by atoms with E-state index in [4.69, 9.17) is 9.97 Å². The molecule has 0 atom stereocenters. The van der Waals surface area contributed by atoms with E-state index in [2.05, 4.69) is 43.0 Å². The van der Waals surface area contributed by atoms with Crippen molar-refractivity contribution < 1.29 is 0 Å². The predicted molar refractivity (Wildman–Crippen MR) is 216 cm³/mol. The molecule has 0 unspecified atom stereocenters. The van der Waals surface area contributed by atoms with Crippen molar-refractivity contribution in [3.63, 3.8) is 0 Å². The second kappa shape index (κ2) is 9.64. The molecule has 56 heavy (non-hydrogen) atoms. The van der Waals surface area contributed by atoms with Crippen LogP contribution in [0.4, 0.5) is 0 Å². The molecule has 0 aliphatic heterocycles. The molecule has 7 heterocycles. The summed E-state index contributed by atoms with van der Waals surface area (Å²) in [4.78, 5) is 20.2. The molecule has 0 saturated heterocycles. The fourth-order valence-corrected chi connectivity index (χ4v) is 9.61. The van der Waals surface area contributed by atoms with Gasteiger partial charge in [-0.3, -0.25) is 9.97 Å².